The summed E-state index contributed by atoms with van der Waals surface area (Å²) in [5, 5.41) is 14.7. The first kappa shape index (κ1) is 25.5. The van der Waals surface area contributed by atoms with Crippen molar-refractivity contribution < 1.29 is 13.5 Å². The van der Waals surface area contributed by atoms with Gasteiger partial charge in [0, 0.05) is 11.1 Å². The van der Waals surface area contributed by atoms with E-state index in [2.05, 4.69) is 16.9 Å². The van der Waals surface area contributed by atoms with Crippen molar-refractivity contribution in [2.24, 2.45) is 5.10 Å². The molecule has 166 valence electrons. The van der Waals surface area contributed by atoms with Crippen molar-refractivity contribution in [1.82, 2.24) is 4.83 Å². The molecule has 1 rings (SSSR count). The standard InChI is InChI=1S/C23H40N2O3S/c1-8-9-10-11-12-13-14-29(27,28)25-24-17-18-15-19(22(2,3)4)21(26)20(16-18)23(5,6)7/h15-17,25-26H,8-14H2,1-7H3. The molecule has 5 nitrogen and oxygen atoms in total. The lowest BCUT2D eigenvalue weighted by atomic mass is 9.78. The van der Waals surface area contributed by atoms with Crippen LogP contribution in [0.2, 0.25) is 0 Å². The third-order valence-electron chi connectivity index (χ3n) is 4.92. The van der Waals surface area contributed by atoms with Gasteiger partial charge in [-0.2, -0.15) is 5.10 Å². The summed E-state index contributed by atoms with van der Waals surface area (Å²) in [7, 11) is -3.43. The molecule has 1 aromatic rings. The fourth-order valence-corrected chi connectivity index (χ4v) is 4.06. The lowest BCUT2D eigenvalue weighted by Gasteiger charge is -2.27. The Balaban J connectivity index is 2.88. The molecule has 0 bridgehead atoms. The van der Waals surface area contributed by atoms with Crippen molar-refractivity contribution in [1.29, 1.82) is 0 Å². The van der Waals surface area contributed by atoms with E-state index in [9.17, 15) is 13.5 Å². The number of hydrogen-bond donors (Lipinski definition) is 2. The summed E-state index contributed by atoms with van der Waals surface area (Å²) in [5.74, 6) is 0.387. The molecule has 0 saturated heterocycles. The van der Waals surface area contributed by atoms with Crippen LogP contribution in [0.4, 0.5) is 0 Å². The minimum Gasteiger partial charge on any atom is -0.507 e. The quantitative estimate of drug-likeness (QED) is 0.291. The van der Waals surface area contributed by atoms with Crippen molar-refractivity contribution in [3.05, 3.63) is 28.8 Å². The first-order valence-corrected chi connectivity index (χ1v) is 12.3. The van der Waals surface area contributed by atoms with E-state index in [1.165, 1.54) is 19.1 Å². The van der Waals surface area contributed by atoms with Gasteiger partial charge >= 0.3 is 0 Å². The van der Waals surface area contributed by atoms with Crippen LogP contribution in [0.5, 0.6) is 5.75 Å². The number of sulfonamides is 1. The fraction of sp³-hybridized carbons (Fsp3) is 0.696. The molecule has 0 aliphatic heterocycles. The number of nitrogens with zero attached hydrogens (tertiary/aromatic N) is 1. The third kappa shape index (κ3) is 8.77. The highest BCUT2D eigenvalue weighted by Crippen LogP contribution is 2.39. The summed E-state index contributed by atoms with van der Waals surface area (Å²) in [5.41, 5.74) is 1.92. The van der Waals surface area contributed by atoms with Gasteiger partial charge in [0.05, 0.1) is 12.0 Å². The molecule has 0 aromatic heterocycles. The Bertz CT molecular complexity index is 750. The maximum atomic E-state index is 12.2. The van der Waals surface area contributed by atoms with Crippen LogP contribution in [0.3, 0.4) is 0 Å². The summed E-state index contributed by atoms with van der Waals surface area (Å²) in [6.45, 7) is 14.4. The predicted molar refractivity (Wildman–Crippen MR) is 123 cm³/mol. The predicted octanol–water partition coefficient (Wildman–Crippen LogP) is 5.60. The van der Waals surface area contributed by atoms with Crippen LogP contribution in [0.15, 0.2) is 17.2 Å². The van der Waals surface area contributed by atoms with Gasteiger partial charge in [0.15, 0.2) is 0 Å². The number of nitrogens with one attached hydrogen (secondary N) is 1. The summed E-state index contributed by atoms with van der Waals surface area (Å²) in [4.78, 5) is 2.32. The first-order valence-electron chi connectivity index (χ1n) is 10.7. The molecule has 2 N–H and O–H groups in total. The largest absolute Gasteiger partial charge is 0.507 e. The molecule has 0 aliphatic carbocycles. The SMILES string of the molecule is CCCCCCCCS(=O)(=O)NN=Cc1cc(C(C)(C)C)c(O)c(C(C)(C)C)c1. The van der Waals surface area contributed by atoms with Gasteiger partial charge in [0.25, 0.3) is 0 Å². The Morgan fingerprint density at radius 3 is 1.90 bits per heavy atom. The lowest BCUT2D eigenvalue weighted by molar-refractivity contribution is 0.423. The molecule has 29 heavy (non-hydrogen) atoms. The Kier molecular flexibility index (Phi) is 9.19. The summed E-state index contributed by atoms with van der Waals surface area (Å²) < 4.78 is 24.3. The van der Waals surface area contributed by atoms with Gasteiger partial charge in [-0.1, -0.05) is 80.6 Å². The van der Waals surface area contributed by atoms with Gasteiger partial charge in [0.1, 0.15) is 5.75 Å². The molecule has 0 saturated carbocycles. The van der Waals surface area contributed by atoms with E-state index in [1.54, 1.807) is 0 Å². The van der Waals surface area contributed by atoms with E-state index in [-0.39, 0.29) is 16.6 Å². The van der Waals surface area contributed by atoms with Crippen molar-refractivity contribution in [2.45, 2.75) is 97.8 Å². The number of unbranched alkanes of at least 4 members (excludes halogenated alkanes) is 5. The molecule has 1 aromatic carbocycles. The monoisotopic (exact) mass is 424 g/mol. The molecular weight excluding hydrogens is 384 g/mol. The molecular formula is C23H40N2O3S. The number of aromatic hydroxyl groups is 1. The van der Waals surface area contributed by atoms with E-state index in [4.69, 9.17) is 0 Å². The van der Waals surface area contributed by atoms with E-state index < -0.39 is 10.0 Å². The van der Waals surface area contributed by atoms with Crippen molar-refractivity contribution in [3.63, 3.8) is 0 Å². The first-order chi connectivity index (χ1) is 13.3. The summed E-state index contributed by atoms with van der Waals surface area (Å²) in [6, 6.07) is 3.74. The maximum Gasteiger partial charge on any atom is 0.247 e. The topological polar surface area (TPSA) is 78.8 Å². The Labute approximate surface area is 178 Å². The van der Waals surface area contributed by atoms with E-state index in [0.717, 1.165) is 36.0 Å². The van der Waals surface area contributed by atoms with Gasteiger partial charge in [0.2, 0.25) is 10.0 Å². The van der Waals surface area contributed by atoms with Crippen LogP contribution in [0.25, 0.3) is 0 Å². The normalized spacial score (nSPS) is 13.2. The minimum atomic E-state index is -3.43. The number of phenolic OH excluding ortho intramolecular Hbond substituents is 1. The molecule has 0 spiro atoms. The Morgan fingerprint density at radius 2 is 1.41 bits per heavy atom. The van der Waals surface area contributed by atoms with Gasteiger partial charge in [-0.05, 0) is 34.9 Å². The second-order valence-electron chi connectivity index (χ2n) is 9.90. The van der Waals surface area contributed by atoms with Crippen LogP contribution in [0, 0.1) is 0 Å². The second-order valence-corrected chi connectivity index (χ2v) is 11.7. The molecule has 0 amide bonds. The van der Waals surface area contributed by atoms with E-state index >= 15 is 0 Å². The Morgan fingerprint density at radius 1 is 0.931 bits per heavy atom. The summed E-state index contributed by atoms with van der Waals surface area (Å²) in [6.07, 6.45) is 7.71. The van der Waals surface area contributed by atoms with Gasteiger partial charge in [-0.3, -0.25) is 0 Å². The molecule has 0 atom stereocenters. The molecule has 0 unspecified atom stereocenters. The van der Waals surface area contributed by atoms with Gasteiger partial charge in [-0.15, -0.1) is 0 Å². The van der Waals surface area contributed by atoms with Crippen LogP contribution in [-0.2, 0) is 20.9 Å². The molecule has 0 heterocycles. The van der Waals surface area contributed by atoms with Crippen LogP contribution in [-0.4, -0.2) is 25.5 Å². The summed E-state index contributed by atoms with van der Waals surface area (Å²) >= 11 is 0. The van der Waals surface area contributed by atoms with Gasteiger partial charge < -0.3 is 5.11 Å². The molecule has 0 radical (unpaired) electrons. The third-order valence-corrected chi connectivity index (χ3v) is 6.13. The van der Waals surface area contributed by atoms with Crippen LogP contribution < -0.4 is 4.83 Å². The smallest absolute Gasteiger partial charge is 0.247 e. The lowest BCUT2D eigenvalue weighted by Crippen LogP contribution is -2.22. The zero-order valence-corrected chi connectivity index (χ0v) is 20.1. The van der Waals surface area contributed by atoms with E-state index in [0.29, 0.717) is 12.2 Å². The van der Waals surface area contributed by atoms with Crippen LogP contribution >= 0.6 is 0 Å². The zero-order valence-electron chi connectivity index (χ0n) is 19.3. The highest BCUT2D eigenvalue weighted by Gasteiger charge is 2.26. The van der Waals surface area contributed by atoms with Crippen LogP contribution in [0.1, 0.15) is 104 Å². The Hall–Kier alpha value is -1.56. The highest BCUT2D eigenvalue weighted by atomic mass is 32.2. The van der Waals surface area contributed by atoms with Gasteiger partial charge in [-0.25, -0.2) is 13.2 Å². The van der Waals surface area contributed by atoms with E-state index in [1.807, 2.05) is 53.7 Å². The maximum absolute atomic E-state index is 12.2. The van der Waals surface area contributed by atoms with Crippen molar-refractivity contribution in [2.75, 3.05) is 5.75 Å². The molecule has 6 heteroatoms. The fourth-order valence-electron chi connectivity index (χ4n) is 3.17. The average Bonchev–Trinajstić information content (AvgIpc) is 2.57. The number of rotatable bonds is 10. The second kappa shape index (κ2) is 10.5. The number of phenols is 1. The highest BCUT2D eigenvalue weighted by molar-refractivity contribution is 7.89. The molecule has 0 aliphatic rings. The molecule has 0 fully saturated rings. The average molecular weight is 425 g/mol. The van der Waals surface area contributed by atoms with Crippen molar-refractivity contribution in [3.8, 4) is 5.75 Å². The minimum absolute atomic E-state index is 0.0898. The number of hydrazone groups is 1. The zero-order chi connectivity index (χ0) is 22.3. The number of hydrogen-bond acceptors (Lipinski definition) is 4. The number of benzene rings is 1. The van der Waals surface area contributed by atoms with Crippen molar-refractivity contribution >= 4 is 16.2 Å².